The zero-order chi connectivity index (χ0) is 22.0. The minimum atomic E-state index is -3.48. The van der Waals surface area contributed by atoms with E-state index in [4.69, 9.17) is 16.1 Å². The third kappa shape index (κ3) is 4.95. The van der Waals surface area contributed by atoms with Crippen LogP contribution in [-0.2, 0) is 16.4 Å². The van der Waals surface area contributed by atoms with Crippen LogP contribution in [0.1, 0.15) is 16.2 Å². The van der Waals surface area contributed by atoms with Gasteiger partial charge in [-0.3, -0.25) is 9.69 Å². The van der Waals surface area contributed by atoms with E-state index in [1.165, 1.54) is 6.07 Å². The Morgan fingerprint density at radius 2 is 1.74 bits per heavy atom. The maximum Gasteiger partial charge on any atom is 0.255 e. The number of rotatable bonds is 5. The summed E-state index contributed by atoms with van der Waals surface area (Å²) in [6.45, 7) is 2.67. The number of halogens is 1. The van der Waals surface area contributed by atoms with Crippen molar-refractivity contribution in [3.8, 4) is 11.4 Å². The molecule has 4 rings (SSSR count). The van der Waals surface area contributed by atoms with Crippen molar-refractivity contribution in [1.29, 1.82) is 0 Å². The predicted octanol–water partition coefficient (Wildman–Crippen LogP) is 2.75. The summed E-state index contributed by atoms with van der Waals surface area (Å²) in [6.07, 6.45) is 1.11. The second-order valence-corrected chi connectivity index (χ2v) is 9.78. The van der Waals surface area contributed by atoms with E-state index in [9.17, 15) is 13.2 Å². The highest BCUT2D eigenvalue weighted by Crippen LogP contribution is 2.21. The Labute approximate surface area is 185 Å². The smallest absolute Gasteiger partial charge is 0.255 e. The Bertz CT molecular complexity index is 1190. The fraction of sp³-hybridized carbons (Fsp3) is 0.286. The lowest BCUT2D eigenvalue weighted by atomic mass is 10.2. The largest absolute Gasteiger partial charge is 0.338 e. The molecule has 2 heterocycles. The number of aromatic nitrogens is 2. The van der Waals surface area contributed by atoms with Gasteiger partial charge >= 0.3 is 0 Å². The van der Waals surface area contributed by atoms with E-state index in [1.54, 1.807) is 35.2 Å². The molecule has 0 radical (unpaired) electrons. The highest BCUT2D eigenvalue weighted by atomic mass is 35.5. The zero-order valence-electron chi connectivity index (χ0n) is 16.9. The number of carbonyl (C=O) groups excluding carboxylic acids is 1. The predicted molar refractivity (Wildman–Crippen MR) is 115 cm³/mol. The minimum absolute atomic E-state index is 0.0584. The van der Waals surface area contributed by atoms with Crippen LogP contribution in [0.4, 0.5) is 0 Å². The first-order chi connectivity index (χ1) is 14.8. The Hall–Kier alpha value is -2.75. The molecule has 0 atom stereocenters. The lowest BCUT2D eigenvalue weighted by Crippen LogP contribution is -2.48. The molecule has 1 aliphatic heterocycles. The summed E-state index contributed by atoms with van der Waals surface area (Å²) in [4.78, 5) is 21.2. The molecule has 162 valence electrons. The van der Waals surface area contributed by atoms with Gasteiger partial charge in [0, 0.05) is 43.0 Å². The topological polar surface area (TPSA) is 96.6 Å². The Morgan fingerprint density at radius 3 is 2.42 bits per heavy atom. The first-order valence-corrected chi connectivity index (χ1v) is 12.0. The molecule has 8 nitrogen and oxygen atoms in total. The molecule has 1 aliphatic rings. The SMILES string of the molecule is CS(=O)(=O)c1ccccc1C(=O)N1CCN(Cc2nc(-c3ccc(Cl)cc3)no2)CC1. The first kappa shape index (κ1) is 21.5. The maximum atomic E-state index is 12.9. The fourth-order valence-corrected chi connectivity index (χ4v) is 4.48. The van der Waals surface area contributed by atoms with Crippen LogP contribution in [0.25, 0.3) is 11.4 Å². The number of piperazine rings is 1. The van der Waals surface area contributed by atoms with Crippen molar-refractivity contribution in [1.82, 2.24) is 19.9 Å². The monoisotopic (exact) mass is 460 g/mol. The number of benzene rings is 2. The van der Waals surface area contributed by atoms with Crippen molar-refractivity contribution in [2.45, 2.75) is 11.4 Å². The highest BCUT2D eigenvalue weighted by molar-refractivity contribution is 7.90. The Balaban J connectivity index is 1.38. The van der Waals surface area contributed by atoms with Gasteiger partial charge in [0.1, 0.15) is 0 Å². The molecule has 2 aromatic carbocycles. The van der Waals surface area contributed by atoms with Crippen molar-refractivity contribution in [3.63, 3.8) is 0 Å². The summed E-state index contributed by atoms with van der Waals surface area (Å²) in [5.41, 5.74) is 1.03. The maximum absolute atomic E-state index is 12.9. The van der Waals surface area contributed by atoms with E-state index < -0.39 is 9.84 Å². The molecule has 0 aliphatic carbocycles. The van der Waals surface area contributed by atoms with E-state index in [-0.39, 0.29) is 16.4 Å². The van der Waals surface area contributed by atoms with Crippen molar-refractivity contribution in [3.05, 3.63) is 65.0 Å². The standard InChI is InChI=1S/C21H21ClN4O4S/c1-31(28,29)18-5-3-2-4-17(18)21(27)26-12-10-25(11-13-26)14-19-23-20(24-30-19)15-6-8-16(22)9-7-15/h2-9H,10-14H2,1H3. The van der Waals surface area contributed by atoms with Crippen LogP contribution in [0, 0.1) is 0 Å². The number of amides is 1. The van der Waals surface area contributed by atoms with Gasteiger partial charge in [-0.25, -0.2) is 8.42 Å². The van der Waals surface area contributed by atoms with Gasteiger partial charge in [-0.1, -0.05) is 28.9 Å². The second kappa shape index (κ2) is 8.78. The third-order valence-corrected chi connectivity index (χ3v) is 6.51. The summed E-state index contributed by atoms with van der Waals surface area (Å²) in [5, 5.41) is 4.66. The quantitative estimate of drug-likeness (QED) is 0.577. The van der Waals surface area contributed by atoms with Crippen LogP contribution in [-0.4, -0.2) is 66.7 Å². The van der Waals surface area contributed by atoms with Gasteiger partial charge in [-0.05, 0) is 36.4 Å². The summed E-state index contributed by atoms with van der Waals surface area (Å²) < 4.78 is 29.4. The van der Waals surface area contributed by atoms with Crippen LogP contribution < -0.4 is 0 Å². The molecule has 1 fully saturated rings. The molecule has 0 saturated carbocycles. The number of carbonyl (C=O) groups is 1. The third-order valence-electron chi connectivity index (χ3n) is 5.11. The van der Waals surface area contributed by atoms with Crippen LogP contribution in [0.5, 0.6) is 0 Å². The summed E-state index contributed by atoms with van der Waals surface area (Å²) in [6, 6.07) is 13.5. The highest BCUT2D eigenvalue weighted by Gasteiger charge is 2.26. The molecule has 10 heteroatoms. The van der Waals surface area contributed by atoms with Gasteiger partial charge in [0.25, 0.3) is 5.91 Å². The lowest BCUT2D eigenvalue weighted by Gasteiger charge is -2.34. The molecule has 1 aromatic heterocycles. The minimum Gasteiger partial charge on any atom is -0.338 e. The van der Waals surface area contributed by atoms with E-state index >= 15 is 0 Å². The molecular formula is C21H21ClN4O4S. The van der Waals surface area contributed by atoms with Crippen molar-refractivity contribution < 1.29 is 17.7 Å². The average molecular weight is 461 g/mol. The molecular weight excluding hydrogens is 440 g/mol. The van der Waals surface area contributed by atoms with Gasteiger partial charge in [0.05, 0.1) is 17.0 Å². The van der Waals surface area contributed by atoms with Gasteiger partial charge in [-0.2, -0.15) is 4.98 Å². The van der Waals surface area contributed by atoms with Crippen LogP contribution >= 0.6 is 11.6 Å². The van der Waals surface area contributed by atoms with Crippen LogP contribution in [0.2, 0.25) is 5.02 Å². The average Bonchev–Trinajstić information content (AvgIpc) is 3.22. The zero-order valence-corrected chi connectivity index (χ0v) is 18.4. The molecule has 1 amide bonds. The molecule has 0 bridgehead atoms. The molecule has 0 unspecified atom stereocenters. The number of sulfone groups is 1. The lowest BCUT2D eigenvalue weighted by molar-refractivity contribution is 0.0611. The van der Waals surface area contributed by atoms with Crippen LogP contribution in [0.3, 0.4) is 0 Å². The van der Waals surface area contributed by atoms with Crippen molar-refractivity contribution in [2.24, 2.45) is 0 Å². The number of hydrogen-bond acceptors (Lipinski definition) is 7. The fourth-order valence-electron chi connectivity index (χ4n) is 3.47. The molecule has 1 saturated heterocycles. The van der Waals surface area contributed by atoms with Gasteiger partial charge in [0.2, 0.25) is 11.7 Å². The van der Waals surface area contributed by atoms with E-state index in [0.717, 1.165) is 11.8 Å². The normalized spacial score (nSPS) is 15.2. The van der Waals surface area contributed by atoms with Gasteiger partial charge in [-0.15, -0.1) is 0 Å². The van der Waals surface area contributed by atoms with Crippen molar-refractivity contribution >= 4 is 27.3 Å². The van der Waals surface area contributed by atoms with Gasteiger partial charge < -0.3 is 9.42 Å². The van der Waals surface area contributed by atoms with E-state index in [2.05, 4.69) is 15.0 Å². The first-order valence-electron chi connectivity index (χ1n) is 9.70. The molecule has 31 heavy (non-hydrogen) atoms. The van der Waals surface area contributed by atoms with Crippen molar-refractivity contribution in [2.75, 3.05) is 32.4 Å². The Kier molecular flexibility index (Phi) is 6.08. The van der Waals surface area contributed by atoms with Crippen LogP contribution in [0.15, 0.2) is 57.9 Å². The van der Waals surface area contributed by atoms with E-state index in [0.29, 0.717) is 49.5 Å². The molecule has 0 N–H and O–H groups in total. The summed E-state index contributed by atoms with van der Waals surface area (Å²) in [5.74, 6) is 0.716. The summed E-state index contributed by atoms with van der Waals surface area (Å²) >= 11 is 5.91. The van der Waals surface area contributed by atoms with E-state index in [1.807, 2.05) is 12.1 Å². The summed E-state index contributed by atoms with van der Waals surface area (Å²) in [7, 11) is -3.48. The second-order valence-electron chi connectivity index (χ2n) is 7.36. The number of hydrogen-bond donors (Lipinski definition) is 0. The Morgan fingerprint density at radius 1 is 1.06 bits per heavy atom. The molecule has 3 aromatic rings. The number of nitrogens with zero attached hydrogens (tertiary/aromatic N) is 4. The molecule has 0 spiro atoms. The van der Waals surface area contributed by atoms with Gasteiger partial charge in [0.15, 0.2) is 9.84 Å².